The fourth-order valence-corrected chi connectivity index (χ4v) is 2.03. The summed E-state index contributed by atoms with van der Waals surface area (Å²) in [5.74, 6) is -0.0668. The number of hydrogen-bond donors (Lipinski definition) is 2. The molecule has 1 aromatic heterocycles. The summed E-state index contributed by atoms with van der Waals surface area (Å²) in [6.07, 6.45) is 3.05. The number of nitrogens with one attached hydrogen (secondary N) is 1. The predicted octanol–water partition coefficient (Wildman–Crippen LogP) is 2.85. The van der Waals surface area contributed by atoms with E-state index in [0.29, 0.717) is 22.8 Å². The third kappa shape index (κ3) is 3.99. The molecule has 3 N–H and O–H groups in total. The van der Waals surface area contributed by atoms with Crippen LogP contribution < -0.4 is 11.1 Å². The molecule has 106 valence electrons. The lowest BCUT2D eigenvalue weighted by molar-refractivity contribution is -0.116. The van der Waals surface area contributed by atoms with E-state index in [2.05, 4.69) is 10.4 Å². The van der Waals surface area contributed by atoms with E-state index in [-0.39, 0.29) is 5.91 Å². The van der Waals surface area contributed by atoms with Gasteiger partial charge in [0.05, 0.1) is 17.1 Å². The molecule has 0 saturated carbocycles. The Morgan fingerprint density at radius 1 is 1.45 bits per heavy atom. The SMILES string of the molecule is Cc1ccn(CCCC(=O)Nc2ccc(Cl)cc2N)n1. The van der Waals surface area contributed by atoms with Gasteiger partial charge in [0.2, 0.25) is 5.91 Å². The number of aromatic nitrogens is 2. The third-order valence-electron chi connectivity index (χ3n) is 2.85. The number of halogens is 1. The van der Waals surface area contributed by atoms with Gasteiger partial charge >= 0.3 is 0 Å². The second-order valence-electron chi connectivity index (χ2n) is 4.60. The smallest absolute Gasteiger partial charge is 0.224 e. The van der Waals surface area contributed by atoms with Gasteiger partial charge in [0, 0.05) is 24.2 Å². The number of benzene rings is 1. The largest absolute Gasteiger partial charge is 0.397 e. The Morgan fingerprint density at radius 3 is 2.90 bits per heavy atom. The Bertz CT molecular complexity index is 609. The van der Waals surface area contributed by atoms with Gasteiger partial charge in [0.25, 0.3) is 0 Å². The zero-order valence-electron chi connectivity index (χ0n) is 11.3. The van der Waals surface area contributed by atoms with Crippen molar-refractivity contribution in [3.05, 3.63) is 41.2 Å². The quantitative estimate of drug-likeness (QED) is 0.832. The van der Waals surface area contributed by atoms with Gasteiger partial charge in [0.1, 0.15) is 0 Å². The fraction of sp³-hybridized carbons (Fsp3) is 0.286. The van der Waals surface area contributed by atoms with Crippen LogP contribution in [0.5, 0.6) is 0 Å². The molecule has 6 heteroatoms. The molecule has 0 saturated heterocycles. The standard InChI is InChI=1S/C14H17ClN4O/c1-10-6-8-19(18-10)7-2-3-14(20)17-13-5-4-11(15)9-12(13)16/h4-6,8-9H,2-3,7,16H2,1H3,(H,17,20). The Labute approximate surface area is 122 Å². The van der Waals surface area contributed by atoms with Crippen LogP contribution in [0.25, 0.3) is 0 Å². The first-order valence-electron chi connectivity index (χ1n) is 6.39. The number of amides is 1. The number of carbonyl (C=O) groups excluding carboxylic acids is 1. The van der Waals surface area contributed by atoms with Gasteiger partial charge in [-0.2, -0.15) is 5.10 Å². The van der Waals surface area contributed by atoms with Crippen LogP contribution in [0.1, 0.15) is 18.5 Å². The lowest BCUT2D eigenvalue weighted by atomic mass is 10.2. The molecule has 0 atom stereocenters. The number of anilines is 2. The third-order valence-corrected chi connectivity index (χ3v) is 3.09. The number of aryl methyl sites for hydroxylation is 2. The van der Waals surface area contributed by atoms with Crippen LogP contribution in [0.15, 0.2) is 30.5 Å². The lowest BCUT2D eigenvalue weighted by Crippen LogP contribution is -2.13. The fourth-order valence-electron chi connectivity index (χ4n) is 1.85. The number of hydrogen-bond acceptors (Lipinski definition) is 3. The highest BCUT2D eigenvalue weighted by Crippen LogP contribution is 2.22. The minimum atomic E-state index is -0.0668. The van der Waals surface area contributed by atoms with E-state index in [1.807, 2.05) is 23.9 Å². The van der Waals surface area contributed by atoms with Crippen LogP contribution in [0.3, 0.4) is 0 Å². The summed E-state index contributed by atoms with van der Waals surface area (Å²) in [6.45, 7) is 2.66. The lowest BCUT2D eigenvalue weighted by Gasteiger charge is -2.08. The van der Waals surface area contributed by atoms with Gasteiger partial charge in [0.15, 0.2) is 0 Å². The first kappa shape index (κ1) is 14.4. The maximum atomic E-state index is 11.8. The zero-order valence-corrected chi connectivity index (χ0v) is 12.0. The number of nitrogens with zero attached hydrogens (tertiary/aromatic N) is 2. The van der Waals surface area contributed by atoms with Gasteiger partial charge < -0.3 is 11.1 Å². The van der Waals surface area contributed by atoms with E-state index >= 15 is 0 Å². The minimum Gasteiger partial charge on any atom is -0.397 e. The van der Waals surface area contributed by atoms with Crippen molar-refractivity contribution < 1.29 is 4.79 Å². The van der Waals surface area contributed by atoms with Crippen molar-refractivity contribution >= 4 is 28.9 Å². The van der Waals surface area contributed by atoms with Crippen molar-refractivity contribution in [1.82, 2.24) is 9.78 Å². The second kappa shape index (κ2) is 6.43. The Morgan fingerprint density at radius 2 is 2.25 bits per heavy atom. The average Bonchev–Trinajstić information content (AvgIpc) is 2.79. The normalized spacial score (nSPS) is 10.5. The van der Waals surface area contributed by atoms with Crippen molar-refractivity contribution in [2.24, 2.45) is 0 Å². The van der Waals surface area contributed by atoms with Gasteiger partial charge in [-0.25, -0.2) is 0 Å². The van der Waals surface area contributed by atoms with Gasteiger partial charge in [-0.3, -0.25) is 9.48 Å². The molecular formula is C14H17ClN4O. The topological polar surface area (TPSA) is 72.9 Å². The van der Waals surface area contributed by atoms with Crippen LogP contribution in [-0.2, 0) is 11.3 Å². The summed E-state index contributed by atoms with van der Waals surface area (Å²) in [5, 5.41) is 7.59. The first-order valence-corrected chi connectivity index (χ1v) is 6.77. The van der Waals surface area contributed by atoms with Crippen LogP contribution in [-0.4, -0.2) is 15.7 Å². The van der Waals surface area contributed by atoms with E-state index in [9.17, 15) is 4.79 Å². The van der Waals surface area contributed by atoms with Gasteiger partial charge in [-0.15, -0.1) is 0 Å². The highest BCUT2D eigenvalue weighted by Gasteiger charge is 2.06. The van der Waals surface area contributed by atoms with Crippen molar-refractivity contribution in [1.29, 1.82) is 0 Å². The molecule has 1 heterocycles. The van der Waals surface area contributed by atoms with E-state index in [1.165, 1.54) is 0 Å². The summed E-state index contributed by atoms with van der Waals surface area (Å²) >= 11 is 5.80. The molecule has 0 aliphatic heterocycles. The zero-order chi connectivity index (χ0) is 14.5. The van der Waals surface area contributed by atoms with Gasteiger partial charge in [-0.1, -0.05) is 11.6 Å². The molecule has 0 aliphatic rings. The average molecular weight is 293 g/mol. The summed E-state index contributed by atoms with van der Waals surface area (Å²) in [6, 6.07) is 6.95. The predicted molar refractivity (Wildman–Crippen MR) is 80.7 cm³/mol. The van der Waals surface area contributed by atoms with E-state index < -0.39 is 0 Å². The Balaban J connectivity index is 1.80. The van der Waals surface area contributed by atoms with Crippen molar-refractivity contribution in [3.8, 4) is 0 Å². The van der Waals surface area contributed by atoms with Crippen molar-refractivity contribution in [2.45, 2.75) is 26.3 Å². The highest BCUT2D eigenvalue weighted by atomic mass is 35.5. The number of carbonyl (C=O) groups is 1. The second-order valence-corrected chi connectivity index (χ2v) is 5.04. The number of nitrogen functional groups attached to an aromatic ring is 1. The highest BCUT2D eigenvalue weighted by molar-refractivity contribution is 6.31. The summed E-state index contributed by atoms with van der Waals surface area (Å²) in [5.41, 5.74) is 7.81. The monoisotopic (exact) mass is 292 g/mol. The molecule has 0 fully saturated rings. The molecule has 0 radical (unpaired) electrons. The molecular weight excluding hydrogens is 276 g/mol. The molecule has 0 spiro atoms. The molecule has 1 amide bonds. The van der Waals surface area contributed by atoms with Crippen LogP contribution in [0.4, 0.5) is 11.4 Å². The maximum Gasteiger partial charge on any atom is 0.224 e. The number of rotatable bonds is 5. The van der Waals surface area contributed by atoms with Crippen LogP contribution in [0, 0.1) is 6.92 Å². The summed E-state index contributed by atoms with van der Waals surface area (Å²) < 4.78 is 1.83. The molecule has 1 aromatic carbocycles. The first-order chi connectivity index (χ1) is 9.54. The van der Waals surface area contributed by atoms with Gasteiger partial charge in [-0.05, 0) is 37.6 Å². The summed E-state index contributed by atoms with van der Waals surface area (Å²) in [7, 11) is 0. The van der Waals surface area contributed by atoms with Crippen LogP contribution >= 0.6 is 11.6 Å². The molecule has 0 unspecified atom stereocenters. The van der Waals surface area contributed by atoms with Crippen molar-refractivity contribution in [3.63, 3.8) is 0 Å². The molecule has 0 aliphatic carbocycles. The molecule has 5 nitrogen and oxygen atoms in total. The van der Waals surface area contributed by atoms with E-state index in [4.69, 9.17) is 17.3 Å². The Hall–Kier alpha value is -2.01. The minimum absolute atomic E-state index is 0.0668. The van der Waals surface area contributed by atoms with Crippen LogP contribution in [0.2, 0.25) is 5.02 Å². The Kier molecular flexibility index (Phi) is 4.63. The molecule has 20 heavy (non-hydrogen) atoms. The van der Waals surface area contributed by atoms with E-state index in [1.54, 1.807) is 18.2 Å². The molecule has 0 bridgehead atoms. The van der Waals surface area contributed by atoms with Crippen molar-refractivity contribution in [2.75, 3.05) is 11.1 Å². The van der Waals surface area contributed by atoms with E-state index in [0.717, 1.165) is 18.7 Å². The summed E-state index contributed by atoms with van der Waals surface area (Å²) in [4.78, 5) is 11.8. The molecule has 2 rings (SSSR count). The maximum absolute atomic E-state index is 11.8. The molecule has 2 aromatic rings. The number of nitrogens with two attached hydrogens (primary N) is 1.